The highest BCUT2D eigenvalue weighted by atomic mass is 32.1. The number of hydrogen-bond acceptors (Lipinski definition) is 5. The lowest BCUT2D eigenvalue weighted by atomic mass is 9.84. The van der Waals surface area contributed by atoms with Crippen LogP contribution in [-0.4, -0.2) is 57.4 Å². The largest absolute Gasteiger partial charge is 0.416 e. The van der Waals surface area contributed by atoms with Crippen LogP contribution in [0.15, 0.2) is 35.8 Å². The van der Waals surface area contributed by atoms with Gasteiger partial charge < -0.3 is 20.4 Å². The van der Waals surface area contributed by atoms with Gasteiger partial charge in [0.25, 0.3) is 0 Å². The lowest BCUT2D eigenvalue weighted by Crippen LogP contribution is -2.59. The van der Waals surface area contributed by atoms with Gasteiger partial charge in [0.2, 0.25) is 11.8 Å². The van der Waals surface area contributed by atoms with Gasteiger partial charge in [-0.3, -0.25) is 9.59 Å². The molecule has 2 heterocycles. The van der Waals surface area contributed by atoms with Crippen LogP contribution in [0.1, 0.15) is 44.1 Å². The van der Waals surface area contributed by atoms with Crippen molar-refractivity contribution in [3.63, 3.8) is 0 Å². The molecule has 1 aliphatic heterocycles. The zero-order chi connectivity index (χ0) is 25.7. The Balaban J connectivity index is 1.39. The normalized spacial score (nSPS) is 18.1. The fraction of sp³-hybridized carbons (Fsp3) is 0.500. The second kappa shape index (κ2) is 11.5. The molecule has 1 atom stereocenters. The van der Waals surface area contributed by atoms with Crippen LogP contribution in [0.4, 0.5) is 24.0 Å². The van der Waals surface area contributed by atoms with E-state index in [4.69, 9.17) is 12.2 Å². The topological polar surface area (TPSA) is 77.6 Å². The Hall–Kier alpha value is -2.73. The van der Waals surface area contributed by atoms with Crippen molar-refractivity contribution in [3.05, 3.63) is 41.4 Å². The number of thiazole rings is 1. The summed E-state index contributed by atoms with van der Waals surface area (Å²) in [5.41, 5.74) is -0.344. The summed E-state index contributed by atoms with van der Waals surface area (Å²) in [5, 5.41) is 8.29. The number of carbonyl (C=O) groups is 2. The van der Waals surface area contributed by atoms with E-state index in [1.165, 1.54) is 29.9 Å². The average Bonchev–Trinajstić information content (AvgIpc) is 3.36. The average molecular weight is 540 g/mol. The van der Waals surface area contributed by atoms with E-state index in [1.54, 1.807) is 21.4 Å². The van der Waals surface area contributed by atoms with Gasteiger partial charge in [-0.2, -0.15) is 13.2 Å². The molecule has 1 aliphatic carbocycles. The van der Waals surface area contributed by atoms with E-state index in [0.717, 1.165) is 37.8 Å². The highest BCUT2D eigenvalue weighted by molar-refractivity contribution is 7.80. The van der Waals surface area contributed by atoms with Crippen molar-refractivity contribution in [2.24, 2.45) is 5.92 Å². The number of piperazine rings is 1. The molecule has 4 rings (SSSR count). The van der Waals surface area contributed by atoms with Gasteiger partial charge in [0.05, 0.1) is 12.1 Å². The molecule has 1 saturated carbocycles. The molecule has 1 aromatic carbocycles. The zero-order valence-corrected chi connectivity index (χ0v) is 21.2. The summed E-state index contributed by atoms with van der Waals surface area (Å²) in [6, 6.07) is 3.96. The Kier molecular flexibility index (Phi) is 8.45. The molecule has 12 heteroatoms. The third-order valence-electron chi connectivity index (χ3n) is 6.63. The fourth-order valence-corrected chi connectivity index (χ4v) is 5.53. The number of benzene rings is 1. The number of nitrogens with one attached hydrogen (secondary N) is 2. The molecule has 194 valence electrons. The maximum absolute atomic E-state index is 13.2. The number of aromatic nitrogens is 1. The van der Waals surface area contributed by atoms with Crippen LogP contribution in [0.25, 0.3) is 0 Å². The molecule has 1 unspecified atom stereocenters. The number of amides is 2. The molecule has 0 spiro atoms. The first-order chi connectivity index (χ1) is 17.2. The summed E-state index contributed by atoms with van der Waals surface area (Å²) >= 11 is 6.74. The smallest absolute Gasteiger partial charge is 0.338 e. The van der Waals surface area contributed by atoms with Gasteiger partial charge in [-0.15, -0.1) is 11.3 Å². The molecule has 2 aliphatic rings. The van der Waals surface area contributed by atoms with Crippen LogP contribution < -0.4 is 10.6 Å². The fourth-order valence-electron chi connectivity index (χ4n) is 4.72. The quantitative estimate of drug-likeness (QED) is 0.505. The molecule has 2 fully saturated rings. The number of hydrogen-bond donors (Lipinski definition) is 2. The molecule has 7 nitrogen and oxygen atoms in total. The molecule has 1 aromatic heterocycles. The maximum Gasteiger partial charge on any atom is 0.416 e. The Bertz CT molecular complexity index is 1060. The SMILES string of the molecule is O=C(Nc1nccs1)C(CC1CCCCC1)N1CCN(C(=S)Nc2ccc(C(F)(F)F)cc2)CC1=O. The minimum absolute atomic E-state index is 0.0157. The molecule has 0 bridgehead atoms. The number of carbonyl (C=O) groups excluding carboxylic acids is 2. The van der Waals surface area contributed by atoms with Crippen LogP contribution in [0.5, 0.6) is 0 Å². The Morgan fingerprint density at radius 3 is 2.47 bits per heavy atom. The number of anilines is 2. The Morgan fingerprint density at radius 1 is 1.14 bits per heavy atom. The lowest BCUT2D eigenvalue weighted by molar-refractivity contribution is -0.142. The van der Waals surface area contributed by atoms with Gasteiger partial charge in [-0.25, -0.2) is 4.98 Å². The molecule has 2 amide bonds. The van der Waals surface area contributed by atoms with E-state index in [0.29, 0.717) is 36.2 Å². The molecular weight excluding hydrogens is 511 g/mol. The minimum Gasteiger partial charge on any atom is -0.338 e. The van der Waals surface area contributed by atoms with E-state index >= 15 is 0 Å². The van der Waals surface area contributed by atoms with E-state index < -0.39 is 17.8 Å². The van der Waals surface area contributed by atoms with Gasteiger partial charge in [0.1, 0.15) is 6.04 Å². The van der Waals surface area contributed by atoms with E-state index in [2.05, 4.69) is 15.6 Å². The summed E-state index contributed by atoms with van der Waals surface area (Å²) < 4.78 is 38.4. The summed E-state index contributed by atoms with van der Waals surface area (Å²) in [6.07, 6.45) is 3.39. The van der Waals surface area contributed by atoms with E-state index in [-0.39, 0.29) is 23.5 Å². The number of thiocarbonyl (C=S) groups is 1. The van der Waals surface area contributed by atoms with Crippen molar-refractivity contribution < 1.29 is 22.8 Å². The van der Waals surface area contributed by atoms with E-state index in [9.17, 15) is 22.8 Å². The standard InChI is InChI=1S/C24H28F3N5O2S2/c25-24(26,27)17-6-8-18(9-7-17)29-23(35)31-11-12-32(20(33)15-31)19(14-16-4-2-1-3-5-16)21(34)30-22-28-10-13-36-22/h6-10,13,16,19H,1-5,11-12,14-15H2,(H,29,35)(H,28,30,34). The third-order valence-corrected chi connectivity index (χ3v) is 7.68. The predicted octanol–water partition coefficient (Wildman–Crippen LogP) is 4.98. The highest BCUT2D eigenvalue weighted by Crippen LogP contribution is 2.31. The first kappa shape index (κ1) is 26.3. The minimum atomic E-state index is -4.41. The van der Waals surface area contributed by atoms with Gasteiger partial charge >= 0.3 is 6.18 Å². The monoisotopic (exact) mass is 539 g/mol. The van der Waals surface area contributed by atoms with Crippen LogP contribution in [0.3, 0.4) is 0 Å². The van der Waals surface area contributed by atoms with Crippen molar-refractivity contribution in [2.75, 3.05) is 30.3 Å². The van der Waals surface area contributed by atoms with Crippen LogP contribution >= 0.6 is 23.6 Å². The third kappa shape index (κ3) is 6.73. The van der Waals surface area contributed by atoms with E-state index in [1.807, 2.05) is 0 Å². The highest BCUT2D eigenvalue weighted by Gasteiger charge is 2.36. The van der Waals surface area contributed by atoms with Gasteiger partial charge in [0, 0.05) is 30.4 Å². The van der Waals surface area contributed by atoms with Crippen molar-refractivity contribution in [2.45, 2.75) is 50.7 Å². The number of rotatable bonds is 6. The zero-order valence-electron chi connectivity index (χ0n) is 19.6. The van der Waals surface area contributed by atoms with Crippen LogP contribution in [-0.2, 0) is 15.8 Å². The molecule has 1 saturated heterocycles. The van der Waals surface area contributed by atoms with Gasteiger partial charge in [-0.05, 0) is 48.8 Å². The van der Waals surface area contributed by atoms with Gasteiger partial charge in [-0.1, -0.05) is 32.1 Å². The number of nitrogens with zero attached hydrogens (tertiary/aromatic N) is 3. The van der Waals surface area contributed by atoms with Crippen molar-refractivity contribution in [1.29, 1.82) is 0 Å². The Labute approximate surface area is 217 Å². The first-order valence-electron chi connectivity index (χ1n) is 11.9. The lowest BCUT2D eigenvalue weighted by Gasteiger charge is -2.40. The van der Waals surface area contributed by atoms with Crippen LogP contribution in [0.2, 0.25) is 0 Å². The summed E-state index contributed by atoms with van der Waals surface area (Å²) in [4.78, 5) is 33.8. The molecular formula is C24H28F3N5O2S2. The van der Waals surface area contributed by atoms with Gasteiger partial charge in [0.15, 0.2) is 10.2 Å². The molecule has 2 aromatic rings. The molecule has 36 heavy (non-hydrogen) atoms. The summed E-state index contributed by atoms with van der Waals surface area (Å²) in [7, 11) is 0. The van der Waals surface area contributed by atoms with Crippen molar-refractivity contribution in [1.82, 2.24) is 14.8 Å². The van der Waals surface area contributed by atoms with Crippen molar-refractivity contribution in [3.8, 4) is 0 Å². The first-order valence-corrected chi connectivity index (χ1v) is 13.2. The molecule has 0 radical (unpaired) electrons. The van der Waals surface area contributed by atoms with Crippen LogP contribution in [0, 0.1) is 5.92 Å². The molecule has 2 N–H and O–H groups in total. The number of halogens is 3. The second-order valence-corrected chi connectivity index (χ2v) is 10.4. The second-order valence-electron chi connectivity index (χ2n) is 9.10. The predicted molar refractivity (Wildman–Crippen MR) is 137 cm³/mol. The Morgan fingerprint density at radius 2 is 1.86 bits per heavy atom. The summed E-state index contributed by atoms with van der Waals surface area (Å²) in [6.45, 7) is 0.707. The summed E-state index contributed by atoms with van der Waals surface area (Å²) in [5.74, 6) is -0.0604. The maximum atomic E-state index is 13.2. The number of alkyl halides is 3. The van der Waals surface area contributed by atoms with Crippen molar-refractivity contribution >= 4 is 51.3 Å².